The van der Waals surface area contributed by atoms with E-state index in [1.165, 1.54) is 0 Å². The summed E-state index contributed by atoms with van der Waals surface area (Å²) in [7, 11) is 1.60. The van der Waals surface area contributed by atoms with Crippen LogP contribution in [0.4, 0.5) is 0 Å². The number of amides is 1. The molecule has 26 heavy (non-hydrogen) atoms. The van der Waals surface area contributed by atoms with Gasteiger partial charge in [0, 0.05) is 39.0 Å². The van der Waals surface area contributed by atoms with Crippen LogP contribution in [0.15, 0.2) is 28.8 Å². The zero-order chi connectivity index (χ0) is 18.2. The number of rotatable bonds is 8. The van der Waals surface area contributed by atoms with Crippen molar-refractivity contribution in [2.75, 3.05) is 46.5 Å². The van der Waals surface area contributed by atoms with Crippen molar-refractivity contribution < 1.29 is 18.8 Å². The highest BCUT2D eigenvalue weighted by Gasteiger charge is 2.14. The summed E-state index contributed by atoms with van der Waals surface area (Å²) in [6.07, 6.45) is 0.724. The first-order valence-electron chi connectivity index (χ1n) is 8.79. The molecule has 8 nitrogen and oxygen atoms in total. The summed E-state index contributed by atoms with van der Waals surface area (Å²) in [4.78, 5) is 18.6. The van der Waals surface area contributed by atoms with Gasteiger partial charge < -0.3 is 19.3 Å². The average molecular weight is 360 g/mol. The van der Waals surface area contributed by atoms with Gasteiger partial charge in [-0.25, -0.2) is 0 Å². The van der Waals surface area contributed by atoms with E-state index in [4.69, 9.17) is 14.0 Å². The molecular formula is C18H24N4O4. The number of morpholine rings is 1. The van der Waals surface area contributed by atoms with Gasteiger partial charge >= 0.3 is 0 Å². The Morgan fingerprint density at radius 2 is 2.12 bits per heavy atom. The second kappa shape index (κ2) is 9.30. The summed E-state index contributed by atoms with van der Waals surface area (Å²) in [5.41, 5.74) is 0.764. The lowest BCUT2D eigenvalue weighted by molar-refractivity contribution is -0.121. The smallest absolute Gasteiger partial charge is 0.227 e. The lowest BCUT2D eigenvalue weighted by Gasteiger charge is -2.26. The Morgan fingerprint density at radius 3 is 2.92 bits per heavy atom. The van der Waals surface area contributed by atoms with Crippen LogP contribution in [-0.2, 0) is 16.0 Å². The molecule has 1 amide bonds. The molecule has 1 fully saturated rings. The van der Waals surface area contributed by atoms with Gasteiger partial charge in [0.1, 0.15) is 5.75 Å². The predicted octanol–water partition coefficient (Wildman–Crippen LogP) is 1.13. The van der Waals surface area contributed by atoms with E-state index in [1.54, 1.807) is 7.11 Å². The van der Waals surface area contributed by atoms with Crippen LogP contribution in [-0.4, -0.2) is 67.5 Å². The molecule has 1 N–H and O–H groups in total. The van der Waals surface area contributed by atoms with Crippen LogP contribution in [0.3, 0.4) is 0 Å². The van der Waals surface area contributed by atoms with Gasteiger partial charge in [0.25, 0.3) is 0 Å². The van der Waals surface area contributed by atoms with Crippen LogP contribution in [0.2, 0.25) is 0 Å². The minimum atomic E-state index is -0.0182. The molecule has 1 saturated heterocycles. The summed E-state index contributed by atoms with van der Waals surface area (Å²) in [6.45, 7) is 4.84. The van der Waals surface area contributed by atoms with E-state index >= 15 is 0 Å². The fourth-order valence-corrected chi connectivity index (χ4v) is 2.78. The monoisotopic (exact) mass is 360 g/mol. The van der Waals surface area contributed by atoms with Crippen LogP contribution in [0.25, 0.3) is 11.4 Å². The molecule has 0 atom stereocenters. The van der Waals surface area contributed by atoms with E-state index in [9.17, 15) is 4.79 Å². The Balaban J connectivity index is 1.43. The number of para-hydroxylation sites is 1. The van der Waals surface area contributed by atoms with Crippen molar-refractivity contribution in [3.63, 3.8) is 0 Å². The fraction of sp³-hybridized carbons (Fsp3) is 0.500. The molecule has 1 aromatic carbocycles. The SMILES string of the molecule is COc1ccccc1-c1noc(CCC(=O)NCCN2CCOCC2)n1. The topological polar surface area (TPSA) is 89.7 Å². The lowest BCUT2D eigenvalue weighted by atomic mass is 10.2. The van der Waals surface area contributed by atoms with Gasteiger partial charge in [-0.3, -0.25) is 9.69 Å². The molecule has 3 rings (SSSR count). The third-order valence-corrected chi connectivity index (χ3v) is 4.24. The first-order valence-corrected chi connectivity index (χ1v) is 8.79. The number of hydrogen-bond donors (Lipinski definition) is 1. The fourth-order valence-electron chi connectivity index (χ4n) is 2.78. The van der Waals surface area contributed by atoms with Crippen molar-refractivity contribution >= 4 is 5.91 Å². The zero-order valence-corrected chi connectivity index (χ0v) is 14.9. The molecule has 140 valence electrons. The van der Waals surface area contributed by atoms with Crippen molar-refractivity contribution in [3.05, 3.63) is 30.2 Å². The number of nitrogens with zero attached hydrogens (tertiary/aromatic N) is 3. The number of benzene rings is 1. The third kappa shape index (κ3) is 5.03. The van der Waals surface area contributed by atoms with Gasteiger partial charge in [0.2, 0.25) is 17.6 Å². The van der Waals surface area contributed by atoms with Gasteiger partial charge in [-0.05, 0) is 12.1 Å². The number of hydrogen-bond acceptors (Lipinski definition) is 7. The van der Waals surface area contributed by atoms with Gasteiger partial charge in [-0.15, -0.1) is 0 Å². The molecule has 1 aliphatic heterocycles. The maximum atomic E-state index is 12.0. The van der Waals surface area contributed by atoms with Crippen molar-refractivity contribution in [3.8, 4) is 17.1 Å². The van der Waals surface area contributed by atoms with E-state index in [1.807, 2.05) is 24.3 Å². The van der Waals surface area contributed by atoms with Crippen LogP contribution in [0, 0.1) is 0 Å². The Morgan fingerprint density at radius 1 is 1.31 bits per heavy atom. The number of aromatic nitrogens is 2. The Labute approximate surface area is 152 Å². The first kappa shape index (κ1) is 18.3. The molecular weight excluding hydrogens is 336 g/mol. The van der Waals surface area contributed by atoms with Gasteiger partial charge in [-0.2, -0.15) is 4.98 Å². The molecule has 2 heterocycles. The molecule has 1 aliphatic rings. The molecule has 0 aliphatic carbocycles. The minimum absolute atomic E-state index is 0.0182. The summed E-state index contributed by atoms with van der Waals surface area (Å²) in [6, 6.07) is 7.47. The van der Waals surface area contributed by atoms with Gasteiger partial charge in [0.05, 0.1) is 25.9 Å². The molecule has 8 heteroatoms. The number of aryl methyl sites for hydroxylation is 1. The number of ether oxygens (including phenoxy) is 2. The predicted molar refractivity (Wildman–Crippen MR) is 94.9 cm³/mol. The molecule has 0 radical (unpaired) electrons. The molecule has 0 spiro atoms. The van der Waals surface area contributed by atoms with Crippen molar-refractivity contribution in [2.45, 2.75) is 12.8 Å². The van der Waals surface area contributed by atoms with Gasteiger partial charge in [-0.1, -0.05) is 17.3 Å². The summed E-state index contributed by atoms with van der Waals surface area (Å²) in [5.74, 6) is 1.57. The Kier molecular flexibility index (Phi) is 6.56. The van der Waals surface area contributed by atoms with Gasteiger partial charge in [0.15, 0.2) is 0 Å². The van der Waals surface area contributed by atoms with Crippen molar-refractivity contribution in [1.82, 2.24) is 20.4 Å². The molecule has 1 aromatic heterocycles. The van der Waals surface area contributed by atoms with E-state index in [2.05, 4.69) is 20.4 Å². The second-order valence-electron chi connectivity index (χ2n) is 6.02. The lowest BCUT2D eigenvalue weighted by Crippen LogP contribution is -2.41. The molecule has 0 saturated carbocycles. The minimum Gasteiger partial charge on any atom is -0.496 e. The highest BCUT2D eigenvalue weighted by atomic mass is 16.5. The largest absolute Gasteiger partial charge is 0.496 e. The maximum Gasteiger partial charge on any atom is 0.227 e. The van der Waals surface area contributed by atoms with Crippen LogP contribution in [0.1, 0.15) is 12.3 Å². The average Bonchev–Trinajstić information content (AvgIpc) is 3.16. The van der Waals surface area contributed by atoms with Crippen LogP contribution in [0.5, 0.6) is 5.75 Å². The third-order valence-electron chi connectivity index (χ3n) is 4.24. The van der Waals surface area contributed by atoms with E-state index < -0.39 is 0 Å². The highest BCUT2D eigenvalue weighted by Crippen LogP contribution is 2.27. The summed E-state index contributed by atoms with van der Waals surface area (Å²) in [5, 5.41) is 6.91. The zero-order valence-electron chi connectivity index (χ0n) is 14.9. The molecule has 0 unspecified atom stereocenters. The van der Waals surface area contributed by atoms with E-state index in [0.717, 1.165) is 38.4 Å². The van der Waals surface area contributed by atoms with E-state index in [0.29, 0.717) is 36.9 Å². The van der Waals surface area contributed by atoms with Crippen LogP contribution < -0.4 is 10.1 Å². The Bertz CT molecular complexity index is 713. The van der Waals surface area contributed by atoms with Crippen LogP contribution >= 0.6 is 0 Å². The normalized spacial score (nSPS) is 15.0. The summed E-state index contributed by atoms with van der Waals surface area (Å²) < 4.78 is 15.9. The highest BCUT2D eigenvalue weighted by molar-refractivity contribution is 5.76. The number of carbonyl (C=O) groups is 1. The van der Waals surface area contributed by atoms with Crippen molar-refractivity contribution in [2.24, 2.45) is 0 Å². The van der Waals surface area contributed by atoms with Crippen molar-refractivity contribution in [1.29, 1.82) is 0 Å². The standard InChI is InChI=1S/C18H24N4O4/c1-24-15-5-3-2-4-14(15)18-20-17(26-21-18)7-6-16(23)19-8-9-22-10-12-25-13-11-22/h2-5H,6-13H2,1H3,(H,19,23). The number of carbonyl (C=O) groups excluding carboxylic acids is 1. The first-order chi connectivity index (χ1) is 12.8. The van der Waals surface area contributed by atoms with E-state index in [-0.39, 0.29) is 5.91 Å². The molecule has 2 aromatic rings. The molecule has 0 bridgehead atoms. The number of methoxy groups -OCH3 is 1. The quantitative estimate of drug-likeness (QED) is 0.755. The maximum absolute atomic E-state index is 12.0. The number of nitrogens with one attached hydrogen (secondary N) is 1. The summed E-state index contributed by atoms with van der Waals surface area (Å²) >= 11 is 0. The second-order valence-corrected chi connectivity index (χ2v) is 6.02. The Hall–Kier alpha value is -2.45.